The summed E-state index contributed by atoms with van der Waals surface area (Å²) < 4.78 is 13.2. The van der Waals surface area contributed by atoms with E-state index in [2.05, 4.69) is 19.9 Å². The van der Waals surface area contributed by atoms with E-state index < -0.39 is 0 Å². The smallest absolute Gasteiger partial charge is 0.128 e. The zero-order valence-electron chi connectivity index (χ0n) is 22.9. The Balaban J connectivity index is 1.90. The number of unbranched alkanes of at least 4 members (excludes halogenated alkanes) is 8. The lowest BCUT2D eigenvalue weighted by atomic mass is 9.91. The van der Waals surface area contributed by atoms with Crippen molar-refractivity contribution in [3.63, 3.8) is 0 Å². The number of benzene rings is 3. The molecule has 2 unspecified atom stereocenters. The topological polar surface area (TPSA) is 38.7 Å². The molecule has 0 aliphatic heterocycles. The van der Waals surface area contributed by atoms with Crippen LogP contribution < -0.4 is 9.47 Å². The van der Waals surface area contributed by atoms with Crippen molar-refractivity contribution >= 4 is 0 Å². The highest BCUT2D eigenvalue weighted by molar-refractivity contribution is 5.43. The third-order valence-electron chi connectivity index (χ3n) is 6.97. The minimum Gasteiger partial charge on any atom is -0.508 e. The highest BCUT2D eigenvalue weighted by atomic mass is 16.5. The SMILES string of the molecule is CCCCCCCC(Oc1ccccc1)c1cccc(O)c1C(CCCCCCC)Oc1ccccc1. The van der Waals surface area contributed by atoms with Crippen LogP contribution in [0.3, 0.4) is 0 Å². The van der Waals surface area contributed by atoms with Gasteiger partial charge in [-0.3, -0.25) is 0 Å². The quantitative estimate of drug-likeness (QED) is 0.176. The molecule has 37 heavy (non-hydrogen) atoms. The second-order valence-corrected chi connectivity index (χ2v) is 10.0. The van der Waals surface area contributed by atoms with Gasteiger partial charge in [0.05, 0.1) is 0 Å². The van der Waals surface area contributed by atoms with Gasteiger partial charge in [0.15, 0.2) is 0 Å². The molecule has 3 rings (SSSR count). The van der Waals surface area contributed by atoms with Crippen LogP contribution in [0.15, 0.2) is 78.9 Å². The molecule has 3 aromatic carbocycles. The first-order valence-corrected chi connectivity index (χ1v) is 14.5. The summed E-state index contributed by atoms with van der Waals surface area (Å²) in [5, 5.41) is 11.2. The lowest BCUT2D eigenvalue weighted by Gasteiger charge is -2.27. The second-order valence-electron chi connectivity index (χ2n) is 10.0. The molecule has 0 aliphatic rings. The van der Waals surface area contributed by atoms with Crippen LogP contribution in [0.25, 0.3) is 0 Å². The zero-order valence-corrected chi connectivity index (χ0v) is 22.9. The Morgan fingerprint density at radius 1 is 0.541 bits per heavy atom. The van der Waals surface area contributed by atoms with Crippen molar-refractivity contribution in [2.45, 2.75) is 103 Å². The molecule has 0 amide bonds. The Labute approximate surface area is 224 Å². The van der Waals surface area contributed by atoms with Crippen LogP contribution in [0.1, 0.15) is 114 Å². The fraction of sp³-hybridized carbons (Fsp3) is 0.471. The number of hydrogen-bond acceptors (Lipinski definition) is 3. The minimum atomic E-state index is -0.234. The van der Waals surface area contributed by atoms with E-state index in [-0.39, 0.29) is 12.2 Å². The van der Waals surface area contributed by atoms with Crippen molar-refractivity contribution in [3.8, 4) is 17.2 Å². The van der Waals surface area contributed by atoms with Crippen LogP contribution in [-0.4, -0.2) is 5.11 Å². The molecular formula is C34H46O3. The molecule has 2 atom stereocenters. The third-order valence-corrected chi connectivity index (χ3v) is 6.97. The molecule has 3 heteroatoms. The number of phenolic OH excluding ortho intramolecular Hbond substituents is 1. The van der Waals surface area contributed by atoms with Crippen LogP contribution in [0, 0.1) is 0 Å². The standard InChI is InChI=1S/C34H46O3/c1-3-5-7-9-17-26-32(36-28-20-13-11-14-21-28)30-24-19-25-31(35)34(30)33(27-18-10-8-6-4-2)37-29-22-15-12-16-23-29/h11-16,19-25,32-33,35H,3-10,17-18,26-27H2,1-2H3. The molecule has 0 saturated heterocycles. The van der Waals surface area contributed by atoms with Gasteiger partial charge < -0.3 is 14.6 Å². The number of para-hydroxylation sites is 2. The first kappa shape index (κ1) is 28.6. The van der Waals surface area contributed by atoms with E-state index in [0.717, 1.165) is 48.3 Å². The van der Waals surface area contributed by atoms with E-state index in [1.54, 1.807) is 6.07 Å². The molecule has 0 bridgehead atoms. The highest BCUT2D eigenvalue weighted by Gasteiger charge is 2.26. The van der Waals surface area contributed by atoms with Gasteiger partial charge >= 0.3 is 0 Å². The maximum absolute atomic E-state index is 11.2. The van der Waals surface area contributed by atoms with Gasteiger partial charge in [-0.15, -0.1) is 0 Å². The van der Waals surface area contributed by atoms with Gasteiger partial charge in [-0.25, -0.2) is 0 Å². The van der Waals surface area contributed by atoms with E-state index in [9.17, 15) is 5.11 Å². The summed E-state index contributed by atoms with van der Waals surface area (Å²) in [5.41, 5.74) is 1.91. The van der Waals surface area contributed by atoms with E-state index in [1.807, 2.05) is 66.7 Å². The van der Waals surface area contributed by atoms with Crippen molar-refractivity contribution < 1.29 is 14.6 Å². The lowest BCUT2D eigenvalue weighted by molar-refractivity contribution is 0.164. The van der Waals surface area contributed by atoms with Crippen LogP contribution in [0.5, 0.6) is 17.2 Å². The maximum Gasteiger partial charge on any atom is 0.128 e. The molecule has 3 aromatic rings. The molecule has 0 saturated carbocycles. The van der Waals surface area contributed by atoms with Gasteiger partial charge in [-0.05, 0) is 56.0 Å². The van der Waals surface area contributed by atoms with Gasteiger partial charge in [0.1, 0.15) is 29.5 Å². The number of ether oxygens (including phenoxy) is 2. The van der Waals surface area contributed by atoms with Gasteiger partial charge in [-0.1, -0.05) is 114 Å². The Bertz CT molecular complexity index is 986. The maximum atomic E-state index is 11.2. The van der Waals surface area contributed by atoms with Crippen molar-refractivity contribution in [3.05, 3.63) is 90.0 Å². The van der Waals surface area contributed by atoms with Crippen LogP contribution in [0.4, 0.5) is 0 Å². The lowest BCUT2D eigenvalue weighted by Crippen LogP contribution is -2.16. The Hall–Kier alpha value is -2.94. The number of phenols is 1. The normalized spacial score (nSPS) is 12.7. The summed E-state index contributed by atoms with van der Waals surface area (Å²) in [6, 6.07) is 25.9. The predicted octanol–water partition coefficient (Wildman–Crippen LogP) is 10.4. The summed E-state index contributed by atoms with van der Waals surface area (Å²) in [7, 11) is 0. The van der Waals surface area contributed by atoms with Gasteiger partial charge in [0, 0.05) is 11.1 Å². The van der Waals surface area contributed by atoms with Crippen LogP contribution in [-0.2, 0) is 0 Å². The molecule has 0 radical (unpaired) electrons. The third kappa shape index (κ3) is 9.80. The second kappa shape index (κ2) is 16.7. The molecule has 200 valence electrons. The summed E-state index contributed by atoms with van der Waals surface area (Å²) >= 11 is 0. The Morgan fingerprint density at radius 3 is 1.57 bits per heavy atom. The Kier molecular flexibility index (Phi) is 12.9. The predicted molar refractivity (Wildman–Crippen MR) is 154 cm³/mol. The number of hydrogen-bond donors (Lipinski definition) is 1. The number of aromatic hydroxyl groups is 1. The fourth-order valence-corrected chi connectivity index (χ4v) is 4.94. The summed E-state index contributed by atoms with van der Waals surface area (Å²) in [6.07, 6.45) is 13.4. The Morgan fingerprint density at radius 2 is 1.03 bits per heavy atom. The molecule has 0 spiro atoms. The first-order valence-electron chi connectivity index (χ1n) is 14.5. The molecule has 0 aromatic heterocycles. The molecule has 3 nitrogen and oxygen atoms in total. The summed E-state index contributed by atoms with van der Waals surface area (Å²) in [4.78, 5) is 0. The van der Waals surface area contributed by atoms with Crippen molar-refractivity contribution in [1.82, 2.24) is 0 Å². The van der Waals surface area contributed by atoms with Crippen LogP contribution in [0.2, 0.25) is 0 Å². The molecule has 0 aliphatic carbocycles. The largest absolute Gasteiger partial charge is 0.508 e. The molecule has 0 fully saturated rings. The van der Waals surface area contributed by atoms with Crippen molar-refractivity contribution in [2.75, 3.05) is 0 Å². The highest BCUT2D eigenvalue weighted by Crippen LogP contribution is 2.40. The monoisotopic (exact) mass is 502 g/mol. The van der Waals surface area contributed by atoms with E-state index in [0.29, 0.717) is 5.75 Å². The zero-order chi connectivity index (χ0) is 26.1. The van der Waals surface area contributed by atoms with E-state index >= 15 is 0 Å². The van der Waals surface area contributed by atoms with E-state index in [1.165, 1.54) is 51.4 Å². The van der Waals surface area contributed by atoms with Gasteiger partial charge in [-0.2, -0.15) is 0 Å². The van der Waals surface area contributed by atoms with Crippen LogP contribution >= 0.6 is 0 Å². The van der Waals surface area contributed by atoms with Crippen molar-refractivity contribution in [1.29, 1.82) is 0 Å². The summed E-state index contributed by atoms with van der Waals surface area (Å²) in [6.45, 7) is 4.49. The first-order chi connectivity index (χ1) is 18.2. The van der Waals surface area contributed by atoms with Crippen molar-refractivity contribution in [2.24, 2.45) is 0 Å². The van der Waals surface area contributed by atoms with E-state index in [4.69, 9.17) is 9.47 Å². The number of rotatable bonds is 18. The average molecular weight is 503 g/mol. The fourth-order valence-electron chi connectivity index (χ4n) is 4.94. The van der Waals surface area contributed by atoms with Gasteiger partial charge in [0.2, 0.25) is 0 Å². The average Bonchev–Trinajstić information content (AvgIpc) is 2.92. The van der Waals surface area contributed by atoms with Gasteiger partial charge in [0.25, 0.3) is 0 Å². The molecule has 1 N–H and O–H groups in total. The minimum absolute atomic E-state index is 0.145. The molecule has 0 heterocycles. The molecular weight excluding hydrogens is 456 g/mol. The summed E-state index contributed by atoms with van der Waals surface area (Å²) in [5.74, 6) is 1.98.